The summed E-state index contributed by atoms with van der Waals surface area (Å²) < 4.78 is 42.6. The molecule has 1 aliphatic rings. The summed E-state index contributed by atoms with van der Waals surface area (Å²) in [4.78, 5) is 15.0. The highest BCUT2D eigenvalue weighted by molar-refractivity contribution is 6.26. The number of alkyl halides is 4. The van der Waals surface area contributed by atoms with Gasteiger partial charge in [0.05, 0.1) is 6.04 Å². The van der Waals surface area contributed by atoms with Crippen LogP contribution < -0.4 is 4.90 Å². The molecule has 1 aromatic heterocycles. The normalized spacial score (nSPS) is 22.0. The van der Waals surface area contributed by atoms with Gasteiger partial charge in [0.1, 0.15) is 5.50 Å². The summed E-state index contributed by atoms with van der Waals surface area (Å²) in [5.41, 5.74) is -2.03. The van der Waals surface area contributed by atoms with Gasteiger partial charge in [-0.05, 0) is 6.42 Å². The molecule has 5 nitrogen and oxygen atoms in total. The average molecular weight is 352 g/mol. The maximum Gasteiger partial charge on any atom is 0.436 e. The molecule has 2 rings (SSSR count). The molecule has 128 valence electrons. The second kappa shape index (κ2) is 6.82. The van der Waals surface area contributed by atoms with E-state index in [1.807, 2.05) is 6.92 Å². The number of carbonyl (C=O) groups is 1. The molecule has 1 aromatic rings. The van der Waals surface area contributed by atoms with Crippen LogP contribution in [-0.4, -0.2) is 34.2 Å². The molecular formula is C14H17ClF3N3O2. The maximum absolute atomic E-state index is 12.6. The number of rotatable bonds is 6. The van der Waals surface area contributed by atoms with Crippen LogP contribution >= 0.6 is 11.6 Å². The molecule has 0 bridgehead atoms. The molecule has 0 N–H and O–H groups in total. The fourth-order valence-electron chi connectivity index (χ4n) is 2.49. The van der Waals surface area contributed by atoms with Crippen LogP contribution in [0.25, 0.3) is 0 Å². The molecule has 9 heteroatoms. The molecule has 2 heterocycles. The van der Waals surface area contributed by atoms with Crippen molar-refractivity contribution in [3.05, 3.63) is 24.4 Å². The monoisotopic (exact) mass is 351 g/mol. The number of urea groups is 1. The number of hydrogen-bond acceptors (Lipinski definition) is 3. The minimum atomic E-state index is -4.64. The highest BCUT2D eigenvalue weighted by atomic mass is 35.5. The molecular weight excluding hydrogens is 335 g/mol. The highest BCUT2D eigenvalue weighted by Crippen LogP contribution is 2.37. The lowest BCUT2D eigenvalue weighted by molar-refractivity contribution is -0.142. The molecule has 0 saturated carbocycles. The number of halogens is 4. The third-order valence-corrected chi connectivity index (χ3v) is 4.11. The molecule has 0 aromatic carbocycles. The maximum atomic E-state index is 12.6. The van der Waals surface area contributed by atoms with Crippen molar-refractivity contribution in [1.29, 1.82) is 0 Å². The van der Waals surface area contributed by atoms with Crippen LogP contribution in [0.4, 0.5) is 23.8 Å². The Labute approximate surface area is 136 Å². The van der Waals surface area contributed by atoms with E-state index in [4.69, 9.17) is 16.1 Å². The smallest absolute Gasteiger partial charge is 0.338 e. The molecule has 1 aliphatic heterocycles. The molecule has 23 heavy (non-hydrogen) atoms. The minimum Gasteiger partial charge on any atom is -0.338 e. The standard InChI is InChI=1S/C14H17ClF3N3O2/c1-3-5-6-9-12(15)21(13(22)20(9)7-4-2)11-8-10(19-23-11)14(16,17)18/h4,8-9,12H,2-3,5-7H2,1H3. The van der Waals surface area contributed by atoms with E-state index in [0.29, 0.717) is 12.5 Å². The summed E-state index contributed by atoms with van der Waals surface area (Å²) in [6, 6.07) is -0.167. The quantitative estimate of drug-likeness (QED) is 0.437. The van der Waals surface area contributed by atoms with Crippen LogP contribution in [0.3, 0.4) is 0 Å². The first-order valence-corrected chi connectivity index (χ1v) is 7.63. The Kier molecular flexibility index (Phi) is 5.23. The Hall–Kier alpha value is -1.70. The van der Waals surface area contributed by atoms with Gasteiger partial charge in [0, 0.05) is 12.6 Å². The van der Waals surface area contributed by atoms with E-state index in [0.717, 1.165) is 17.7 Å². The second-order valence-corrected chi connectivity index (χ2v) is 5.67. The van der Waals surface area contributed by atoms with Crippen LogP contribution in [0.1, 0.15) is 31.9 Å². The highest BCUT2D eigenvalue weighted by Gasteiger charge is 2.47. The Balaban J connectivity index is 2.29. The van der Waals surface area contributed by atoms with E-state index in [-0.39, 0.29) is 18.5 Å². The van der Waals surface area contributed by atoms with Crippen molar-refractivity contribution in [2.45, 2.75) is 43.9 Å². The van der Waals surface area contributed by atoms with Gasteiger partial charge < -0.3 is 9.42 Å². The summed E-state index contributed by atoms with van der Waals surface area (Å²) in [6.45, 7) is 5.85. The Morgan fingerprint density at radius 1 is 1.52 bits per heavy atom. The Morgan fingerprint density at radius 3 is 2.74 bits per heavy atom. The molecule has 1 fully saturated rings. The molecule has 0 aliphatic carbocycles. The Bertz CT molecular complexity index is 576. The van der Waals surface area contributed by atoms with Crippen molar-refractivity contribution in [1.82, 2.24) is 10.1 Å². The molecule has 2 unspecified atom stereocenters. The topological polar surface area (TPSA) is 49.6 Å². The zero-order chi connectivity index (χ0) is 17.2. The zero-order valence-corrected chi connectivity index (χ0v) is 13.3. The molecule has 2 amide bonds. The third-order valence-electron chi connectivity index (χ3n) is 3.62. The minimum absolute atomic E-state index is 0.257. The largest absolute Gasteiger partial charge is 0.436 e. The van der Waals surface area contributed by atoms with E-state index in [2.05, 4.69) is 11.7 Å². The van der Waals surface area contributed by atoms with Crippen molar-refractivity contribution >= 4 is 23.5 Å². The van der Waals surface area contributed by atoms with E-state index in [1.165, 1.54) is 4.90 Å². The van der Waals surface area contributed by atoms with Gasteiger partial charge in [0.25, 0.3) is 0 Å². The summed E-state index contributed by atoms with van der Waals surface area (Å²) >= 11 is 6.32. The molecule has 2 atom stereocenters. The van der Waals surface area contributed by atoms with Gasteiger partial charge in [-0.3, -0.25) is 0 Å². The van der Waals surface area contributed by atoms with Gasteiger partial charge in [-0.2, -0.15) is 13.2 Å². The van der Waals surface area contributed by atoms with E-state index >= 15 is 0 Å². The first-order valence-electron chi connectivity index (χ1n) is 7.20. The first kappa shape index (κ1) is 17.7. The fourth-order valence-corrected chi connectivity index (χ4v) is 2.94. The van der Waals surface area contributed by atoms with Crippen LogP contribution in [0.15, 0.2) is 23.2 Å². The van der Waals surface area contributed by atoms with Gasteiger partial charge in [-0.25, -0.2) is 9.69 Å². The number of nitrogens with zero attached hydrogens (tertiary/aromatic N) is 3. The third kappa shape index (κ3) is 3.46. The lowest BCUT2D eigenvalue weighted by atomic mass is 10.1. The molecule has 0 radical (unpaired) electrons. The average Bonchev–Trinajstić information content (AvgIpc) is 3.03. The number of aromatic nitrogens is 1. The van der Waals surface area contributed by atoms with Crippen molar-refractivity contribution in [2.24, 2.45) is 0 Å². The first-order chi connectivity index (χ1) is 10.8. The summed E-state index contributed by atoms with van der Waals surface area (Å²) in [5.74, 6) is -0.310. The van der Waals surface area contributed by atoms with Crippen LogP contribution in [0.5, 0.6) is 0 Å². The van der Waals surface area contributed by atoms with Crippen molar-refractivity contribution in [2.75, 3.05) is 11.4 Å². The predicted molar refractivity (Wildman–Crippen MR) is 79.2 cm³/mol. The van der Waals surface area contributed by atoms with Crippen molar-refractivity contribution in [3.63, 3.8) is 0 Å². The van der Waals surface area contributed by atoms with Gasteiger partial charge in [0.15, 0.2) is 5.69 Å². The number of unbranched alkanes of at least 4 members (excludes halogenated alkanes) is 1. The van der Waals surface area contributed by atoms with E-state index < -0.39 is 23.4 Å². The predicted octanol–water partition coefficient (Wildman–Crippen LogP) is 4.25. The summed E-state index contributed by atoms with van der Waals surface area (Å²) in [6.07, 6.45) is -0.704. The zero-order valence-electron chi connectivity index (χ0n) is 12.5. The summed E-state index contributed by atoms with van der Waals surface area (Å²) in [5, 5.41) is 2.97. The number of hydrogen-bond donors (Lipinski definition) is 0. The SMILES string of the molecule is C=CCN1C(=O)N(c2cc(C(F)(F)F)no2)C(Cl)C1CCCC. The second-order valence-electron chi connectivity index (χ2n) is 5.22. The Morgan fingerprint density at radius 2 is 2.22 bits per heavy atom. The van der Waals surface area contributed by atoms with Crippen molar-refractivity contribution in [3.8, 4) is 0 Å². The van der Waals surface area contributed by atoms with Gasteiger partial charge in [-0.15, -0.1) is 6.58 Å². The lowest BCUT2D eigenvalue weighted by Crippen LogP contribution is -2.35. The van der Waals surface area contributed by atoms with Gasteiger partial charge in [0.2, 0.25) is 5.88 Å². The lowest BCUT2D eigenvalue weighted by Gasteiger charge is -2.22. The van der Waals surface area contributed by atoms with E-state index in [1.54, 1.807) is 6.08 Å². The number of carbonyl (C=O) groups excluding carboxylic acids is 1. The summed E-state index contributed by atoms with van der Waals surface area (Å²) in [7, 11) is 0. The molecule has 1 saturated heterocycles. The number of anilines is 1. The van der Waals surface area contributed by atoms with Crippen LogP contribution in [-0.2, 0) is 6.18 Å². The van der Waals surface area contributed by atoms with Crippen LogP contribution in [0, 0.1) is 0 Å². The van der Waals surface area contributed by atoms with Gasteiger partial charge in [-0.1, -0.05) is 42.6 Å². The fraction of sp³-hybridized carbons (Fsp3) is 0.571. The van der Waals surface area contributed by atoms with Crippen molar-refractivity contribution < 1.29 is 22.5 Å². The van der Waals surface area contributed by atoms with Crippen LogP contribution in [0.2, 0.25) is 0 Å². The molecule has 0 spiro atoms. The van der Waals surface area contributed by atoms with Gasteiger partial charge >= 0.3 is 12.2 Å². The number of amides is 2. The van der Waals surface area contributed by atoms with E-state index in [9.17, 15) is 18.0 Å².